The molecule has 0 radical (unpaired) electrons. The standard InChI is InChI=1S/C10H19NO5/c1-7(5-15-6-8(12)13)11-9(14)16-10(2,3)4/h7H,5-6H2,1-4H3,(H,11,14)(H,12,13)/t7-/m0/s1. The molecule has 0 heterocycles. The van der Waals surface area contributed by atoms with Crippen molar-refractivity contribution in [1.29, 1.82) is 0 Å². The predicted molar refractivity (Wildman–Crippen MR) is 57.3 cm³/mol. The number of carboxylic acids is 1. The molecule has 0 fully saturated rings. The Balaban J connectivity index is 3.74. The van der Waals surface area contributed by atoms with Gasteiger partial charge in [0.05, 0.1) is 12.6 Å². The highest BCUT2D eigenvalue weighted by molar-refractivity contribution is 5.68. The summed E-state index contributed by atoms with van der Waals surface area (Å²) < 4.78 is 9.83. The normalized spacial score (nSPS) is 13.0. The van der Waals surface area contributed by atoms with Gasteiger partial charge in [-0.1, -0.05) is 0 Å². The molecule has 1 atom stereocenters. The molecule has 1 amide bonds. The van der Waals surface area contributed by atoms with E-state index in [0.29, 0.717) is 0 Å². The van der Waals surface area contributed by atoms with Crippen molar-refractivity contribution >= 4 is 12.1 Å². The van der Waals surface area contributed by atoms with Crippen molar-refractivity contribution in [3.05, 3.63) is 0 Å². The zero-order valence-corrected chi connectivity index (χ0v) is 10.1. The topological polar surface area (TPSA) is 84.9 Å². The van der Waals surface area contributed by atoms with Gasteiger partial charge in [0.25, 0.3) is 0 Å². The average molecular weight is 233 g/mol. The average Bonchev–Trinajstić information content (AvgIpc) is 1.98. The quantitative estimate of drug-likeness (QED) is 0.740. The number of carboxylic acid groups (broad SMARTS) is 1. The molecule has 6 heteroatoms. The molecular weight excluding hydrogens is 214 g/mol. The first-order chi connectivity index (χ1) is 7.20. The van der Waals surface area contributed by atoms with E-state index in [-0.39, 0.29) is 19.3 Å². The van der Waals surface area contributed by atoms with Crippen LogP contribution in [0.3, 0.4) is 0 Å². The van der Waals surface area contributed by atoms with E-state index in [1.807, 2.05) is 0 Å². The van der Waals surface area contributed by atoms with Crippen molar-refractivity contribution in [2.75, 3.05) is 13.2 Å². The monoisotopic (exact) mass is 233 g/mol. The molecule has 0 saturated carbocycles. The third kappa shape index (κ3) is 9.26. The van der Waals surface area contributed by atoms with Crippen molar-refractivity contribution in [2.24, 2.45) is 0 Å². The van der Waals surface area contributed by atoms with Crippen LogP contribution in [0.1, 0.15) is 27.7 Å². The van der Waals surface area contributed by atoms with E-state index in [1.165, 1.54) is 0 Å². The Morgan fingerprint density at radius 3 is 2.38 bits per heavy atom. The summed E-state index contributed by atoms with van der Waals surface area (Å²) in [4.78, 5) is 21.4. The molecule has 16 heavy (non-hydrogen) atoms. The summed E-state index contributed by atoms with van der Waals surface area (Å²) in [5.74, 6) is -1.04. The number of nitrogens with one attached hydrogen (secondary N) is 1. The van der Waals surface area contributed by atoms with Gasteiger partial charge in [0.1, 0.15) is 12.2 Å². The van der Waals surface area contributed by atoms with Gasteiger partial charge in [0.15, 0.2) is 0 Å². The van der Waals surface area contributed by atoms with Gasteiger partial charge in [0.2, 0.25) is 0 Å². The number of aliphatic carboxylic acids is 1. The van der Waals surface area contributed by atoms with Crippen molar-refractivity contribution in [1.82, 2.24) is 5.32 Å². The van der Waals surface area contributed by atoms with Gasteiger partial charge in [0, 0.05) is 0 Å². The lowest BCUT2D eigenvalue weighted by Gasteiger charge is -2.21. The molecule has 2 N–H and O–H groups in total. The SMILES string of the molecule is C[C@@H](COCC(=O)O)NC(=O)OC(C)(C)C. The Morgan fingerprint density at radius 2 is 1.94 bits per heavy atom. The van der Waals surface area contributed by atoms with Crippen molar-refractivity contribution in [3.63, 3.8) is 0 Å². The molecular formula is C10H19NO5. The van der Waals surface area contributed by atoms with E-state index >= 15 is 0 Å². The van der Waals surface area contributed by atoms with E-state index in [1.54, 1.807) is 27.7 Å². The second-order valence-electron chi connectivity index (χ2n) is 4.46. The lowest BCUT2D eigenvalue weighted by atomic mass is 10.2. The number of amides is 1. The van der Waals surface area contributed by atoms with E-state index in [2.05, 4.69) is 5.32 Å². The second-order valence-corrected chi connectivity index (χ2v) is 4.46. The number of rotatable bonds is 5. The minimum Gasteiger partial charge on any atom is -0.480 e. The van der Waals surface area contributed by atoms with Gasteiger partial charge in [-0.05, 0) is 27.7 Å². The van der Waals surface area contributed by atoms with Gasteiger partial charge in [-0.3, -0.25) is 0 Å². The van der Waals surface area contributed by atoms with Gasteiger partial charge in [-0.2, -0.15) is 0 Å². The first kappa shape index (κ1) is 14.7. The minimum absolute atomic E-state index is 0.130. The fourth-order valence-corrected chi connectivity index (χ4v) is 0.873. The highest BCUT2D eigenvalue weighted by atomic mass is 16.6. The van der Waals surface area contributed by atoms with Crippen molar-refractivity contribution < 1.29 is 24.2 Å². The third-order valence-electron chi connectivity index (χ3n) is 1.36. The van der Waals surface area contributed by atoms with Gasteiger partial charge in [-0.25, -0.2) is 9.59 Å². The van der Waals surface area contributed by atoms with Crippen LogP contribution in [0.15, 0.2) is 0 Å². The molecule has 0 aliphatic rings. The van der Waals surface area contributed by atoms with Crippen LogP contribution in [-0.4, -0.2) is 42.0 Å². The fraction of sp³-hybridized carbons (Fsp3) is 0.800. The molecule has 0 aromatic carbocycles. The Hall–Kier alpha value is -1.30. The summed E-state index contributed by atoms with van der Waals surface area (Å²) >= 11 is 0. The zero-order valence-electron chi connectivity index (χ0n) is 10.1. The maximum absolute atomic E-state index is 11.3. The summed E-state index contributed by atoms with van der Waals surface area (Å²) in [7, 11) is 0. The summed E-state index contributed by atoms with van der Waals surface area (Å²) in [6.07, 6.45) is -0.543. The Morgan fingerprint density at radius 1 is 1.38 bits per heavy atom. The highest BCUT2D eigenvalue weighted by Gasteiger charge is 2.17. The Bertz CT molecular complexity index is 246. The van der Waals surface area contributed by atoms with E-state index in [4.69, 9.17) is 14.6 Å². The molecule has 0 rings (SSSR count). The number of carbonyl (C=O) groups is 2. The van der Waals surface area contributed by atoms with E-state index in [0.717, 1.165) is 0 Å². The molecule has 94 valence electrons. The summed E-state index contributed by atoms with van der Waals surface area (Å²) in [5, 5.41) is 10.9. The number of hydrogen-bond acceptors (Lipinski definition) is 4. The maximum atomic E-state index is 11.3. The van der Waals surface area contributed by atoms with Crippen LogP contribution in [-0.2, 0) is 14.3 Å². The molecule has 0 aliphatic carbocycles. The fourth-order valence-electron chi connectivity index (χ4n) is 0.873. The summed E-state index contributed by atoms with van der Waals surface area (Å²) in [5.41, 5.74) is -0.550. The largest absolute Gasteiger partial charge is 0.480 e. The van der Waals surface area contributed by atoms with E-state index < -0.39 is 17.7 Å². The lowest BCUT2D eigenvalue weighted by molar-refractivity contribution is -0.142. The molecule has 0 saturated heterocycles. The van der Waals surface area contributed by atoms with Gasteiger partial charge >= 0.3 is 12.1 Å². The van der Waals surface area contributed by atoms with Crippen LogP contribution in [0.4, 0.5) is 4.79 Å². The predicted octanol–water partition coefficient (Wildman–Crippen LogP) is 1.00. The number of alkyl carbamates (subject to hydrolysis) is 1. The van der Waals surface area contributed by atoms with Crippen LogP contribution >= 0.6 is 0 Å². The van der Waals surface area contributed by atoms with Crippen LogP contribution in [0.2, 0.25) is 0 Å². The number of ether oxygens (including phenoxy) is 2. The number of carbonyl (C=O) groups excluding carboxylic acids is 1. The van der Waals surface area contributed by atoms with Gasteiger partial charge < -0.3 is 19.9 Å². The molecule has 0 aliphatic heterocycles. The first-order valence-corrected chi connectivity index (χ1v) is 5.00. The Kier molecular flexibility index (Phi) is 5.81. The molecule has 6 nitrogen and oxygen atoms in total. The highest BCUT2D eigenvalue weighted by Crippen LogP contribution is 2.06. The molecule has 0 bridgehead atoms. The summed E-state index contributed by atoms with van der Waals surface area (Å²) in [6.45, 7) is 6.74. The van der Waals surface area contributed by atoms with Crippen molar-refractivity contribution in [2.45, 2.75) is 39.3 Å². The maximum Gasteiger partial charge on any atom is 0.407 e. The summed E-state index contributed by atoms with van der Waals surface area (Å²) in [6, 6.07) is -0.297. The first-order valence-electron chi connectivity index (χ1n) is 5.00. The van der Waals surface area contributed by atoms with Crippen LogP contribution in [0, 0.1) is 0 Å². The van der Waals surface area contributed by atoms with Crippen LogP contribution in [0.5, 0.6) is 0 Å². The molecule has 0 unspecified atom stereocenters. The third-order valence-corrected chi connectivity index (χ3v) is 1.36. The second kappa shape index (κ2) is 6.32. The van der Waals surface area contributed by atoms with Gasteiger partial charge in [-0.15, -0.1) is 0 Å². The van der Waals surface area contributed by atoms with Crippen LogP contribution in [0.25, 0.3) is 0 Å². The number of hydrogen-bond donors (Lipinski definition) is 2. The van der Waals surface area contributed by atoms with Crippen LogP contribution < -0.4 is 5.32 Å². The lowest BCUT2D eigenvalue weighted by Crippen LogP contribution is -2.40. The smallest absolute Gasteiger partial charge is 0.407 e. The van der Waals surface area contributed by atoms with E-state index in [9.17, 15) is 9.59 Å². The minimum atomic E-state index is -1.04. The van der Waals surface area contributed by atoms with Crippen molar-refractivity contribution in [3.8, 4) is 0 Å². The molecule has 0 aromatic heterocycles. The molecule has 0 aromatic rings. The zero-order chi connectivity index (χ0) is 12.8. The Labute approximate surface area is 94.9 Å². The molecule has 0 spiro atoms.